The lowest BCUT2D eigenvalue weighted by Gasteiger charge is -2.35. The maximum Gasteiger partial charge on any atom is 0.329 e. The van der Waals surface area contributed by atoms with E-state index in [2.05, 4.69) is 37.3 Å². The van der Waals surface area contributed by atoms with E-state index in [1.54, 1.807) is 0 Å². The van der Waals surface area contributed by atoms with Crippen molar-refractivity contribution in [3.05, 3.63) is 54.1 Å². The molecule has 1 aliphatic carbocycles. The number of alkyl halides is 1. The molecule has 0 spiro atoms. The van der Waals surface area contributed by atoms with Crippen molar-refractivity contribution in [2.75, 3.05) is 0 Å². The standard InChI is InChI=1S/C34H46ClNO2/c1-4-5-6-7-8-9-10-21-34(25-36)22-19-30(20-23-34)28-13-11-27(12-14-28)29-15-17-31(18-16-29)38-33(37)32(35)24-26(2)3/h11-18,26,30,32H,4-10,19-24H2,1-3H3. The number of unbranched alkanes of at least 4 members (excludes halogenated alkanes) is 6. The van der Waals surface area contributed by atoms with Crippen molar-refractivity contribution in [1.29, 1.82) is 5.26 Å². The van der Waals surface area contributed by atoms with E-state index < -0.39 is 11.3 Å². The molecule has 2 aromatic carbocycles. The van der Waals surface area contributed by atoms with Gasteiger partial charge in [-0.25, -0.2) is 0 Å². The second-order valence-corrected chi connectivity index (χ2v) is 12.2. The van der Waals surface area contributed by atoms with Crippen molar-refractivity contribution >= 4 is 17.6 Å². The smallest absolute Gasteiger partial charge is 0.329 e. The minimum Gasteiger partial charge on any atom is -0.425 e. The molecule has 0 N–H and O–H groups in total. The molecule has 0 heterocycles. The highest BCUT2D eigenvalue weighted by molar-refractivity contribution is 6.30. The van der Waals surface area contributed by atoms with Crippen molar-refractivity contribution in [3.63, 3.8) is 0 Å². The van der Waals surface area contributed by atoms with Crippen LogP contribution in [0.5, 0.6) is 5.75 Å². The van der Waals surface area contributed by atoms with Gasteiger partial charge in [0.25, 0.3) is 0 Å². The molecule has 3 rings (SSSR count). The first-order valence-corrected chi connectivity index (χ1v) is 15.3. The summed E-state index contributed by atoms with van der Waals surface area (Å²) in [7, 11) is 0. The van der Waals surface area contributed by atoms with Gasteiger partial charge in [-0.1, -0.05) is 102 Å². The van der Waals surface area contributed by atoms with Crippen molar-refractivity contribution in [2.24, 2.45) is 11.3 Å². The number of hydrogen-bond acceptors (Lipinski definition) is 3. The van der Waals surface area contributed by atoms with Crippen LogP contribution in [-0.4, -0.2) is 11.3 Å². The zero-order valence-electron chi connectivity index (χ0n) is 23.7. The van der Waals surface area contributed by atoms with Gasteiger partial charge in [-0.2, -0.15) is 5.26 Å². The molecule has 0 amide bonds. The molecular weight excluding hydrogens is 490 g/mol. The van der Waals surface area contributed by atoms with Crippen molar-refractivity contribution in [1.82, 2.24) is 0 Å². The van der Waals surface area contributed by atoms with Crippen molar-refractivity contribution < 1.29 is 9.53 Å². The molecule has 0 aliphatic heterocycles. The molecule has 4 heteroatoms. The highest BCUT2D eigenvalue weighted by Crippen LogP contribution is 2.46. The van der Waals surface area contributed by atoms with Gasteiger partial charge in [0.2, 0.25) is 0 Å². The minimum absolute atomic E-state index is 0.108. The Labute approximate surface area is 235 Å². The average molecular weight is 536 g/mol. The number of benzene rings is 2. The van der Waals surface area contributed by atoms with E-state index in [0.717, 1.165) is 43.2 Å². The number of rotatable bonds is 14. The predicted molar refractivity (Wildman–Crippen MR) is 158 cm³/mol. The minimum atomic E-state index is -0.624. The van der Waals surface area contributed by atoms with Crippen LogP contribution in [0.1, 0.15) is 116 Å². The van der Waals surface area contributed by atoms with Crippen LogP contribution in [0.2, 0.25) is 0 Å². The number of halogens is 1. The molecular formula is C34H46ClNO2. The molecule has 1 atom stereocenters. The number of nitriles is 1. The summed E-state index contributed by atoms with van der Waals surface area (Å²) in [6, 6.07) is 19.2. The van der Waals surface area contributed by atoms with Crippen LogP contribution < -0.4 is 4.74 Å². The second kappa shape index (κ2) is 15.3. The summed E-state index contributed by atoms with van der Waals surface area (Å²) < 4.78 is 5.45. The van der Waals surface area contributed by atoms with E-state index in [1.807, 2.05) is 38.1 Å². The summed E-state index contributed by atoms with van der Waals surface area (Å²) in [6.07, 6.45) is 15.0. The molecule has 206 valence electrons. The lowest BCUT2D eigenvalue weighted by molar-refractivity contribution is -0.134. The number of hydrogen-bond donors (Lipinski definition) is 0. The fourth-order valence-electron chi connectivity index (χ4n) is 5.70. The number of carbonyl (C=O) groups is 1. The van der Waals surface area contributed by atoms with E-state index in [-0.39, 0.29) is 5.41 Å². The summed E-state index contributed by atoms with van der Waals surface area (Å²) >= 11 is 6.16. The summed E-state index contributed by atoms with van der Waals surface area (Å²) in [5, 5.41) is 9.35. The SMILES string of the molecule is CCCCCCCCCC1(C#N)CCC(c2ccc(-c3ccc(OC(=O)C(Cl)CC(C)C)cc3)cc2)CC1. The van der Waals surface area contributed by atoms with E-state index in [9.17, 15) is 10.1 Å². The van der Waals surface area contributed by atoms with Crippen LogP contribution in [0.25, 0.3) is 11.1 Å². The molecule has 1 unspecified atom stereocenters. The van der Waals surface area contributed by atoms with Gasteiger partial charge in [-0.05, 0) is 79.2 Å². The maximum absolute atomic E-state index is 12.2. The third-order valence-corrected chi connectivity index (χ3v) is 8.52. The van der Waals surface area contributed by atoms with Crippen LogP contribution in [0.15, 0.2) is 48.5 Å². The first kappa shape index (κ1) is 30.2. The molecule has 3 nitrogen and oxygen atoms in total. The van der Waals surface area contributed by atoms with Crippen LogP contribution in [0.4, 0.5) is 0 Å². The van der Waals surface area contributed by atoms with E-state index in [0.29, 0.717) is 24.0 Å². The Balaban J connectivity index is 1.48. The largest absolute Gasteiger partial charge is 0.425 e. The lowest BCUT2D eigenvalue weighted by Crippen LogP contribution is -2.25. The number of esters is 1. The summed E-state index contributed by atoms with van der Waals surface area (Å²) in [6.45, 7) is 6.33. The molecule has 0 bridgehead atoms. The zero-order valence-corrected chi connectivity index (χ0v) is 24.4. The highest BCUT2D eigenvalue weighted by atomic mass is 35.5. The fraction of sp³-hybridized carbons (Fsp3) is 0.588. The van der Waals surface area contributed by atoms with Crippen LogP contribution in [-0.2, 0) is 4.79 Å². The molecule has 0 radical (unpaired) electrons. The van der Waals surface area contributed by atoms with Crippen molar-refractivity contribution in [3.8, 4) is 22.9 Å². The Morgan fingerprint density at radius 1 is 0.947 bits per heavy atom. The Kier molecular flexibility index (Phi) is 12.2. The molecule has 1 saturated carbocycles. The molecule has 1 fully saturated rings. The Hall–Kier alpha value is -2.31. The van der Waals surface area contributed by atoms with Gasteiger partial charge in [0.1, 0.15) is 11.1 Å². The monoisotopic (exact) mass is 535 g/mol. The Morgan fingerprint density at radius 2 is 1.50 bits per heavy atom. The second-order valence-electron chi connectivity index (χ2n) is 11.7. The molecule has 2 aromatic rings. The third kappa shape index (κ3) is 9.16. The summed E-state index contributed by atoms with van der Waals surface area (Å²) in [5.41, 5.74) is 3.49. The van der Waals surface area contributed by atoms with Crippen LogP contribution in [0.3, 0.4) is 0 Å². The van der Waals surface area contributed by atoms with Gasteiger partial charge in [-0.15, -0.1) is 11.6 Å². The van der Waals surface area contributed by atoms with E-state index >= 15 is 0 Å². The van der Waals surface area contributed by atoms with Gasteiger partial charge in [-0.3, -0.25) is 4.79 Å². The van der Waals surface area contributed by atoms with Gasteiger partial charge in [0.05, 0.1) is 11.5 Å². The first-order chi connectivity index (χ1) is 18.4. The van der Waals surface area contributed by atoms with E-state index in [4.69, 9.17) is 16.3 Å². The number of ether oxygens (including phenoxy) is 1. The average Bonchev–Trinajstić information content (AvgIpc) is 2.93. The van der Waals surface area contributed by atoms with Gasteiger partial charge < -0.3 is 4.74 Å². The molecule has 1 aliphatic rings. The fourth-order valence-corrected chi connectivity index (χ4v) is 6.10. The number of carbonyl (C=O) groups excluding carboxylic acids is 1. The zero-order chi connectivity index (χ0) is 27.4. The van der Waals surface area contributed by atoms with Gasteiger partial charge in [0.15, 0.2) is 0 Å². The maximum atomic E-state index is 12.2. The quantitative estimate of drug-likeness (QED) is 0.105. The van der Waals surface area contributed by atoms with Gasteiger partial charge >= 0.3 is 5.97 Å². The van der Waals surface area contributed by atoms with Crippen molar-refractivity contribution in [2.45, 2.75) is 116 Å². The lowest BCUT2D eigenvalue weighted by atomic mass is 9.67. The number of nitrogens with zero attached hydrogens (tertiary/aromatic N) is 1. The molecule has 0 saturated heterocycles. The third-order valence-electron chi connectivity index (χ3n) is 8.16. The van der Waals surface area contributed by atoms with Crippen LogP contribution in [0, 0.1) is 22.7 Å². The topological polar surface area (TPSA) is 50.1 Å². The Morgan fingerprint density at radius 3 is 2.05 bits per heavy atom. The first-order valence-electron chi connectivity index (χ1n) is 14.8. The molecule has 0 aromatic heterocycles. The predicted octanol–water partition coefficient (Wildman–Crippen LogP) is 10.2. The molecule has 38 heavy (non-hydrogen) atoms. The van der Waals surface area contributed by atoms with E-state index in [1.165, 1.54) is 50.5 Å². The van der Waals surface area contributed by atoms with Crippen LogP contribution >= 0.6 is 11.6 Å². The Bertz CT molecular complexity index is 1010. The highest BCUT2D eigenvalue weighted by Gasteiger charge is 2.35. The summed E-state index contributed by atoms with van der Waals surface area (Å²) in [5.74, 6) is 1.00. The van der Waals surface area contributed by atoms with Gasteiger partial charge in [0, 0.05) is 0 Å². The summed E-state index contributed by atoms with van der Waals surface area (Å²) in [4.78, 5) is 12.2. The normalized spacial score (nSPS) is 20.2.